The summed E-state index contributed by atoms with van der Waals surface area (Å²) < 4.78 is 1.16. The number of aliphatic hydroxyl groups excluding tert-OH is 1. The standard InChI is InChI=1S/C8H11N5O2/c1-5(4-14)9-6-2-3-7-10-11-8(15)13(7)12-6/h2-3,5,14H,4H2,1H3,(H,9,12)(H,11,15). The van der Waals surface area contributed by atoms with E-state index in [0.717, 1.165) is 4.52 Å². The Morgan fingerprint density at radius 1 is 1.67 bits per heavy atom. The summed E-state index contributed by atoms with van der Waals surface area (Å²) in [5.74, 6) is 0.521. The molecule has 1 atom stereocenters. The van der Waals surface area contributed by atoms with Crippen molar-refractivity contribution in [3.8, 4) is 0 Å². The molecule has 2 aromatic rings. The van der Waals surface area contributed by atoms with Crippen molar-refractivity contribution in [1.82, 2.24) is 19.8 Å². The second-order valence-electron chi connectivity index (χ2n) is 3.25. The van der Waals surface area contributed by atoms with E-state index in [1.807, 2.05) is 6.92 Å². The van der Waals surface area contributed by atoms with Gasteiger partial charge < -0.3 is 10.4 Å². The van der Waals surface area contributed by atoms with Crippen LogP contribution in [-0.2, 0) is 0 Å². The van der Waals surface area contributed by atoms with Gasteiger partial charge in [-0.25, -0.2) is 9.89 Å². The molecule has 80 valence electrons. The molecule has 1 unspecified atom stereocenters. The number of aromatic nitrogens is 4. The fourth-order valence-corrected chi connectivity index (χ4v) is 1.18. The van der Waals surface area contributed by atoms with Crippen molar-refractivity contribution in [2.75, 3.05) is 11.9 Å². The minimum atomic E-state index is -0.384. The number of rotatable bonds is 3. The Balaban J connectivity index is 2.37. The molecule has 15 heavy (non-hydrogen) atoms. The Bertz CT molecular complexity index is 517. The minimum Gasteiger partial charge on any atom is -0.394 e. The predicted octanol–water partition coefficient (Wildman–Crippen LogP) is -0.790. The topological polar surface area (TPSA) is 95.3 Å². The van der Waals surface area contributed by atoms with Crippen LogP contribution in [-0.4, -0.2) is 37.6 Å². The first-order valence-corrected chi connectivity index (χ1v) is 4.52. The molecule has 7 heteroatoms. The summed E-state index contributed by atoms with van der Waals surface area (Å²) >= 11 is 0. The third kappa shape index (κ3) is 1.82. The van der Waals surface area contributed by atoms with Crippen LogP contribution in [0.4, 0.5) is 5.82 Å². The number of hydrogen-bond donors (Lipinski definition) is 3. The van der Waals surface area contributed by atoms with E-state index in [9.17, 15) is 4.79 Å². The molecule has 0 radical (unpaired) electrons. The summed E-state index contributed by atoms with van der Waals surface area (Å²) in [6, 6.07) is 3.25. The van der Waals surface area contributed by atoms with Gasteiger partial charge in [0.15, 0.2) is 5.65 Å². The molecule has 3 N–H and O–H groups in total. The zero-order chi connectivity index (χ0) is 10.8. The largest absolute Gasteiger partial charge is 0.394 e. The predicted molar refractivity (Wildman–Crippen MR) is 53.8 cm³/mol. The van der Waals surface area contributed by atoms with Gasteiger partial charge in [0.2, 0.25) is 0 Å². The average Bonchev–Trinajstić information content (AvgIpc) is 2.60. The maximum absolute atomic E-state index is 11.2. The van der Waals surface area contributed by atoms with E-state index >= 15 is 0 Å². The lowest BCUT2D eigenvalue weighted by Crippen LogP contribution is -2.21. The van der Waals surface area contributed by atoms with E-state index in [2.05, 4.69) is 20.6 Å². The number of fused-ring (bicyclic) bond motifs is 1. The molecule has 0 aromatic carbocycles. The number of anilines is 1. The smallest absolute Gasteiger partial charge is 0.364 e. The van der Waals surface area contributed by atoms with Crippen LogP contribution in [0, 0.1) is 0 Å². The minimum absolute atomic E-state index is 0.00000283. The Kier molecular flexibility index (Phi) is 2.38. The molecule has 0 aliphatic carbocycles. The molecule has 7 nitrogen and oxygen atoms in total. The Labute approximate surface area is 84.7 Å². The molecular formula is C8H11N5O2. The van der Waals surface area contributed by atoms with Gasteiger partial charge in [0.1, 0.15) is 5.82 Å². The van der Waals surface area contributed by atoms with Gasteiger partial charge >= 0.3 is 5.69 Å². The molecule has 0 aliphatic heterocycles. The summed E-state index contributed by atoms with van der Waals surface area (Å²) in [4.78, 5) is 11.2. The first-order chi connectivity index (χ1) is 7.20. The van der Waals surface area contributed by atoms with Crippen LogP contribution in [0.1, 0.15) is 6.92 Å². The van der Waals surface area contributed by atoms with Crippen molar-refractivity contribution in [2.24, 2.45) is 0 Å². The zero-order valence-corrected chi connectivity index (χ0v) is 8.14. The lowest BCUT2D eigenvalue weighted by molar-refractivity contribution is 0.281. The van der Waals surface area contributed by atoms with Crippen molar-refractivity contribution < 1.29 is 5.11 Å². The zero-order valence-electron chi connectivity index (χ0n) is 8.14. The quantitative estimate of drug-likeness (QED) is 0.615. The highest BCUT2D eigenvalue weighted by atomic mass is 16.3. The van der Waals surface area contributed by atoms with Gasteiger partial charge in [-0.15, -0.1) is 5.10 Å². The molecule has 0 amide bonds. The van der Waals surface area contributed by atoms with E-state index in [1.165, 1.54) is 0 Å². The maximum Gasteiger partial charge on any atom is 0.364 e. The molecule has 0 saturated carbocycles. The van der Waals surface area contributed by atoms with Gasteiger partial charge in [0, 0.05) is 6.04 Å². The second kappa shape index (κ2) is 3.70. The number of nitrogens with zero attached hydrogens (tertiary/aromatic N) is 3. The summed E-state index contributed by atoms with van der Waals surface area (Å²) in [5, 5.41) is 21.8. The third-order valence-corrected chi connectivity index (χ3v) is 1.94. The molecule has 2 rings (SSSR count). The molecular weight excluding hydrogens is 198 g/mol. The average molecular weight is 209 g/mol. The molecule has 2 heterocycles. The van der Waals surface area contributed by atoms with Crippen LogP contribution in [0.15, 0.2) is 16.9 Å². The number of nitrogens with one attached hydrogen (secondary N) is 2. The van der Waals surface area contributed by atoms with Crippen LogP contribution < -0.4 is 11.0 Å². The van der Waals surface area contributed by atoms with Crippen LogP contribution in [0.2, 0.25) is 0 Å². The first-order valence-electron chi connectivity index (χ1n) is 4.52. The van der Waals surface area contributed by atoms with E-state index in [4.69, 9.17) is 5.11 Å². The molecule has 2 aromatic heterocycles. The molecule has 0 bridgehead atoms. The van der Waals surface area contributed by atoms with Crippen molar-refractivity contribution in [2.45, 2.75) is 13.0 Å². The fraction of sp³-hybridized carbons (Fsp3) is 0.375. The van der Waals surface area contributed by atoms with Gasteiger partial charge in [0.05, 0.1) is 6.61 Å². The Morgan fingerprint density at radius 3 is 3.20 bits per heavy atom. The molecule has 0 spiro atoms. The first kappa shape index (κ1) is 9.66. The van der Waals surface area contributed by atoms with Crippen molar-refractivity contribution in [1.29, 1.82) is 0 Å². The van der Waals surface area contributed by atoms with E-state index < -0.39 is 0 Å². The highest BCUT2D eigenvalue weighted by molar-refractivity contribution is 5.43. The summed E-state index contributed by atoms with van der Waals surface area (Å²) in [7, 11) is 0. The van der Waals surface area contributed by atoms with Crippen LogP contribution in [0.3, 0.4) is 0 Å². The molecule has 0 saturated heterocycles. The van der Waals surface area contributed by atoms with Crippen molar-refractivity contribution in [3.05, 3.63) is 22.6 Å². The number of aliphatic hydroxyl groups is 1. The van der Waals surface area contributed by atoms with Gasteiger partial charge in [0.25, 0.3) is 0 Å². The molecule has 0 aliphatic rings. The normalized spacial score (nSPS) is 12.9. The van der Waals surface area contributed by atoms with E-state index in [-0.39, 0.29) is 18.3 Å². The van der Waals surface area contributed by atoms with Crippen molar-refractivity contribution in [3.63, 3.8) is 0 Å². The summed E-state index contributed by atoms with van der Waals surface area (Å²) in [6.07, 6.45) is 0. The SMILES string of the molecule is CC(CO)Nc1ccc2n[nH]c(=O)n2n1. The van der Waals surface area contributed by atoms with Gasteiger partial charge in [-0.1, -0.05) is 0 Å². The van der Waals surface area contributed by atoms with Gasteiger partial charge in [-0.2, -0.15) is 9.61 Å². The number of H-pyrrole nitrogens is 1. The van der Waals surface area contributed by atoms with Gasteiger partial charge in [-0.05, 0) is 19.1 Å². The Hall–Kier alpha value is -1.89. The van der Waals surface area contributed by atoms with Crippen molar-refractivity contribution >= 4 is 11.5 Å². The van der Waals surface area contributed by atoms with E-state index in [1.54, 1.807) is 12.1 Å². The summed E-state index contributed by atoms with van der Waals surface area (Å²) in [6.45, 7) is 1.81. The summed E-state index contributed by atoms with van der Waals surface area (Å²) in [5.41, 5.74) is 0.0764. The highest BCUT2D eigenvalue weighted by Gasteiger charge is 2.04. The highest BCUT2D eigenvalue weighted by Crippen LogP contribution is 2.04. The lowest BCUT2D eigenvalue weighted by atomic mass is 10.3. The lowest BCUT2D eigenvalue weighted by Gasteiger charge is -2.10. The maximum atomic E-state index is 11.2. The van der Waals surface area contributed by atoms with E-state index in [0.29, 0.717) is 11.5 Å². The monoisotopic (exact) mass is 209 g/mol. The fourth-order valence-electron chi connectivity index (χ4n) is 1.18. The van der Waals surface area contributed by atoms with Crippen LogP contribution >= 0.6 is 0 Å². The van der Waals surface area contributed by atoms with Crippen LogP contribution in [0.5, 0.6) is 0 Å². The number of hydrogen-bond acceptors (Lipinski definition) is 5. The number of aromatic amines is 1. The Morgan fingerprint density at radius 2 is 2.47 bits per heavy atom. The second-order valence-corrected chi connectivity index (χ2v) is 3.25. The molecule has 0 fully saturated rings. The van der Waals surface area contributed by atoms with Crippen LogP contribution in [0.25, 0.3) is 5.65 Å². The van der Waals surface area contributed by atoms with Gasteiger partial charge in [-0.3, -0.25) is 0 Å². The third-order valence-electron chi connectivity index (χ3n) is 1.94.